The van der Waals surface area contributed by atoms with Crippen LogP contribution in [-0.2, 0) is 0 Å². The molecule has 0 aromatic rings. The van der Waals surface area contributed by atoms with Crippen molar-refractivity contribution in [3.63, 3.8) is 0 Å². The second-order valence-electron chi connectivity index (χ2n) is 2.17. The van der Waals surface area contributed by atoms with Crippen LogP contribution in [0.1, 0.15) is 48.0 Å². The molecule has 0 aromatic carbocycles. The summed E-state index contributed by atoms with van der Waals surface area (Å²) in [5.41, 5.74) is 0. The van der Waals surface area contributed by atoms with Crippen LogP contribution >= 0.6 is 0 Å². The molecule has 0 rings (SSSR count). The summed E-state index contributed by atoms with van der Waals surface area (Å²) in [6.45, 7) is 11.3. The van der Waals surface area contributed by atoms with Gasteiger partial charge in [-0.05, 0) is 40.7 Å². The Bertz CT molecular complexity index is 280. The van der Waals surface area contributed by atoms with Gasteiger partial charge in [0.15, 0.2) is 0 Å². The van der Waals surface area contributed by atoms with E-state index in [9.17, 15) is 0 Å². The molecule has 0 unspecified atom stereocenters. The Kier molecular flexibility index (Phi) is 37.4. The van der Waals surface area contributed by atoms with Crippen molar-refractivity contribution < 1.29 is 0 Å². The smallest absolute Gasteiger partial charge is 0.00601 e. The van der Waals surface area contributed by atoms with E-state index in [4.69, 9.17) is 0 Å². The maximum Gasteiger partial charge on any atom is 0.00601 e. The van der Waals surface area contributed by atoms with Crippen LogP contribution in [0.3, 0.4) is 0 Å². The highest BCUT2D eigenvalue weighted by molar-refractivity contribution is 5.12. The van der Waals surface area contributed by atoms with Gasteiger partial charge in [0.25, 0.3) is 0 Å². The van der Waals surface area contributed by atoms with E-state index in [0.717, 1.165) is 6.42 Å². The fourth-order valence-corrected chi connectivity index (χ4v) is 0.343. The third-order valence-electron chi connectivity index (χ3n) is 0.998. The van der Waals surface area contributed by atoms with Crippen LogP contribution in [0.4, 0.5) is 0 Å². The molecule has 0 heteroatoms. The lowest BCUT2D eigenvalue weighted by atomic mass is 10.5. The number of rotatable bonds is 0. The molecule has 0 saturated heterocycles. The minimum Gasteiger partial charge on any atom is -0.107 e. The van der Waals surface area contributed by atoms with Crippen molar-refractivity contribution in [2.45, 2.75) is 48.0 Å². The van der Waals surface area contributed by atoms with E-state index in [1.165, 1.54) is 0 Å². The van der Waals surface area contributed by atoms with Crippen LogP contribution in [0.2, 0.25) is 0 Å². The zero-order valence-corrected chi connectivity index (χ0v) is 10.9. The fourth-order valence-electron chi connectivity index (χ4n) is 0.343. The van der Waals surface area contributed by atoms with Crippen LogP contribution in [0.15, 0.2) is 12.2 Å². The van der Waals surface area contributed by atoms with E-state index in [0.29, 0.717) is 0 Å². The van der Waals surface area contributed by atoms with Gasteiger partial charge in [0, 0.05) is 6.42 Å². The van der Waals surface area contributed by atoms with Crippen LogP contribution in [0, 0.1) is 35.5 Å². The normalized spacial score (nSPS) is 5.73. The van der Waals surface area contributed by atoms with Crippen LogP contribution in [-0.4, -0.2) is 0 Å². The SMILES string of the molecule is CC#C/C=C/C.CC#CC.CC#CCC. The topological polar surface area (TPSA) is 0 Å². The second kappa shape index (κ2) is 29.4. The molecule has 0 bridgehead atoms. The first-order chi connectivity index (χ1) is 7.24. The molecule has 0 aliphatic heterocycles. The third kappa shape index (κ3) is 69.0. The molecular formula is C15H22. The lowest BCUT2D eigenvalue weighted by molar-refractivity contribution is 1.28. The summed E-state index contributed by atoms with van der Waals surface area (Å²) in [6, 6.07) is 0. The zero-order valence-electron chi connectivity index (χ0n) is 10.9. The van der Waals surface area contributed by atoms with Crippen LogP contribution < -0.4 is 0 Å². The Hall–Kier alpha value is -1.58. The van der Waals surface area contributed by atoms with Gasteiger partial charge in [0.2, 0.25) is 0 Å². The standard InChI is InChI=1S/C6H8.C5H8.C4H6/c1-3-5-6-4-2;1-3-5-4-2;1-3-4-2/h3,5H,1-2H3;3H2,1-2H3;1-2H3/b5-3+;;. The summed E-state index contributed by atoms with van der Waals surface area (Å²) in [4.78, 5) is 0. The van der Waals surface area contributed by atoms with Crippen molar-refractivity contribution in [3.05, 3.63) is 12.2 Å². The van der Waals surface area contributed by atoms with Crippen LogP contribution in [0.25, 0.3) is 0 Å². The Labute approximate surface area is 96.2 Å². The van der Waals surface area contributed by atoms with Crippen molar-refractivity contribution in [3.8, 4) is 35.5 Å². The largest absolute Gasteiger partial charge is 0.107 e. The molecule has 15 heavy (non-hydrogen) atoms. The average Bonchev–Trinajstić information content (AvgIpc) is 2.28. The highest BCUT2D eigenvalue weighted by Crippen LogP contribution is 1.62. The van der Waals surface area contributed by atoms with Gasteiger partial charge in [-0.25, -0.2) is 0 Å². The Balaban J connectivity index is -0.000000147. The van der Waals surface area contributed by atoms with E-state index < -0.39 is 0 Å². The third-order valence-corrected chi connectivity index (χ3v) is 0.998. The molecule has 82 valence electrons. The summed E-state index contributed by atoms with van der Waals surface area (Å²) in [7, 11) is 0. The number of hydrogen-bond acceptors (Lipinski definition) is 0. The molecule has 0 radical (unpaired) electrons. The molecule has 0 nitrogen and oxygen atoms in total. The first-order valence-electron chi connectivity index (χ1n) is 5.01. The van der Waals surface area contributed by atoms with Crippen LogP contribution in [0.5, 0.6) is 0 Å². The monoisotopic (exact) mass is 202 g/mol. The van der Waals surface area contributed by atoms with Gasteiger partial charge in [-0.3, -0.25) is 0 Å². The molecule has 0 N–H and O–H groups in total. The fraction of sp³-hybridized carbons (Fsp3) is 0.467. The lowest BCUT2D eigenvalue weighted by Gasteiger charge is -1.58. The average molecular weight is 202 g/mol. The number of hydrogen-bond donors (Lipinski definition) is 0. The molecular weight excluding hydrogens is 180 g/mol. The minimum atomic E-state index is 0.983. The van der Waals surface area contributed by atoms with Gasteiger partial charge in [0.1, 0.15) is 0 Å². The summed E-state index contributed by atoms with van der Waals surface area (Å²) < 4.78 is 0. The van der Waals surface area contributed by atoms with Gasteiger partial charge < -0.3 is 0 Å². The van der Waals surface area contributed by atoms with Crippen molar-refractivity contribution >= 4 is 0 Å². The summed E-state index contributed by atoms with van der Waals surface area (Å²) in [5, 5.41) is 0. The predicted molar refractivity (Wildman–Crippen MR) is 71.1 cm³/mol. The van der Waals surface area contributed by atoms with Gasteiger partial charge in [-0.15, -0.1) is 29.6 Å². The molecule has 0 aromatic heterocycles. The molecule has 0 amide bonds. The summed E-state index contributed by atoms with van der Waals surface area (Å²) >= 11 is 0. The molecule has 0 fully saturated rings. The Morgan fingerprint density at radius 1 is 0.867 bits per heavy atom. The van der Waals surface area contributed by atoms with E-state index in [1.54, 1.807) is 0 Å². The molecule has 0 saturated carbocycles. The van der Waals surface area contributed by atoms with E-state index >= 15 is 0 Å². The van der Waals surface area contributed by atoms with E-state index in [1.807, 2.05) is 53.7 Å². The first kappa shape index (κ1) is 19.1. The number of allylic oxidation sites excluding steroid dienone is 2. The van der Waals surface area contributed by atoms with Crippen molar-refractivity contribution in [1.82, 2.24) is 0 Å². The maximum absolute atomic E-state index is 2.86. The Morgan fingerprint density at radius 2 is 1.40 bits per heavy atom. The maximum atomic E-state index is 2.86. The Morgan fingerprint density at radius 3 is 1.47 bits per heavy atom. The first-order valence-corrected chi connectivity index (χ1v) is 5.01. The highest BCUT2D eigenvalue weighted by atomic mass is 13.5. The van der Waals surface area contributed by atoms with Crippen molar-refractivity contribution in [2.24, 2.45) is 0 Å². The lowest BCUT2D eigenvalue weighted by Crippen LogP contribution is -1.45. The summed E-state index contributed by atoms with van der Waals surface area (Å²) in [6.07, 6.45) is 4.72. The van der Waals surface area contributed by atoms with E-state index in [2.05, 4.69) is 35.5 Å². The quantitative estimate of drug-likeness (QED) is 0.520. The molecule has 0 spiro atoms. The molecule has 0 aliphatic rings. The highest BCUT2D eigenvalue weighted by Gasteiger charge is 1.48. The van der Waals surface area contributed by atoms with E-state index in [-0.39, 0.29) is 0 Å². The van der Waals surface area contributed by atoms with Crippen molar-refractivity contribution in [2.75, 3.05) is 0 Å². The molecule has 0 heterocycles. The van der Waals surface area contributed by atoms with Crippen molar-refractivity contribution in [1.29, 1.82) is 0 Å². The zero-order chi connectivity index (χ0) is 12.4. The van der Waals surface area contributed by atoms with Gasteiger partial charge >= 0.3 is 0 Å². The summed E-state index contributed by atoms with van der Waals surface area (Å²) in [5.74, 6) is 16.5. The predicted octanol–water partition coefficient (Wildman–Crippen LogP) is 4.04. The second-order valence-corrected chi connectivity index (χ2v) is 2.17. The molecule has 0 aliphatic carbocycles. The molecule has 0 atom stereocenters. The minimum absolute atomic E-state index is 0.983. The van der Waals surface area contributed by atoms with Gasteiger partial charge in [-0.2, -0.15) is 0 Å². The van der Waals surface area contributed by atoms with Gasteiger partial charge in [0.05, 0.1) is 0 Å². The van der Waals surface area contributed by atoms with Gasteiger partial charge in [-0.1, -0.05) is 18.9 Å².